The molecule has 0 bridgehead atoms. The number of hydrogen-bond acceptors (Lipinski definition) is 5. The average Bonchev–Trinajstić information content (AvgIpc) is 2.68. The van der Waals surface area contributed by atoms with Crippen LogP contribution in [0.3, 0.4) is 0 Å². The number of halogens is 5. The van der Waals surface area contributed by atoms with E-state index in [9.17, 15) is 27.1 Å². The maximum atomic E-state index is 14.5. The molecule has 3 aromatic rings. The lowest BCUT2D eigenvalue weighted by Crippen LogP contribution is -2.58. The Morgan fingerprint density at radius 3 is 2.42 bits per heavy atom. The van der Waals surface area contributed by atoms with Crippen LogP contribution in [0, 0.1) is 18.6 Å². The van der Waals surface area contributed by atoms with Crippen molar-refractivity contribution in [3.05, 3.63) is 59.0 Å². The smallest absolute Gasteiger partial charge is 0.419 e. The second kappa shape index (κ2) is 7.51. The Bertz CT molecular complexity index is 1240. The van der Waals surface area contributed by atoms with Crippen LogP contribution in [0.15, 0.2) is 30.5 Å². The van der Waals surface area contributed by atoms with E-state index in [1.807, 2.05) is 0 Å². The van der Waals surface area contributed by atoms with Gasteiger partial charge in [0.1, 0.15) is 23.2 Å². The fourth-order valence-corrected chi connectivity index (χ4v) is 4.77. The van der Waals surface area contributed by atoms with Crippen LogP contribution in [0.25, 0.3) is 10.9 Å². The van der Waals surface area contributed by atoms with E-state index >= 15 is 0 Å². The van der Waals surface area contributed by atoms with Crippen LogP contribution >= 0.6 is 0 Å². The lowest BCUT2D eigenvalue weighted by molar-refractivity contribution is -0.276. The van der Waals surface area contributed by atoms with Crippen LogP contribution in [0.2, 0.25) is 0 Å². The molecule has 1 heterocycles. The fraction of sp³-hybridized carbons (Fsp3) is 0.391. The number of aliphatic hydroxyl groups is 1. The Hall–Kier alpha value is -3.01. The van der Waals surface area contributed by atoms with Crippen LogP contribution in [0.4, 0.5) is 27.6 Å². The van der Waals surface area contributed by atoms with Crippen molar-refractivity contribution < 1.29 is 31.8 Å². The first-order chi connectivity index (χ1) is 15.3. The van der Waals surface area contributed by atoms with E-state index in [0.717, 1.165) is 24.3 Å². The van der Waals surface area contributed by atoms with Gasteiger partial charge in [-0.2, -0.15) is 13.2 Å². The van der Waals surface area contributed by atoms with Gasteiger partial charge < -0.3 is 15.2 Å². The summed E-state index contributed by atoms with van der Waals surface area (Å²) in [6, 6.07) is 2.29. The van der Waals surface area contributed by atoms with E-state index in [-0.39, 0.29) is 27.9 Å². The number of methoxy groups -OCH3 is 1. The molecule has 5 nitrogen and oxygen atoms in total. The highest BCUT2D eigenvalue weighted by Crippen LogP contribution is 2.56. The van der Waals surface area contributed by atoms with Crippen LogP contribution in [-0.2, 0) is 5.41 Å². The van der Waals surface area contributed by atoms with E-state index in [1.165, 1.54) is 27.2 Å². The van der Waals surface area contributed by atoms with Gasteiger partial charge in [0.2, 0.25) is 0 Å². The predicted octanol–water partition coefficient (Wildman–Crippen LogP) is 5.35. The molecule has 0 saturated heterocycles. The van der Waals surface area contributed by atoms with Gasteiger partial charge in [-0.1, -0.05) is 13.8 Å². The van der Waals surface area contributed by atoms with E-state index < -0.39 is 41.3 Å². The number of nitrogens with zero attached hydrogens (tertiary/aromatic N) is 2. The standard InChI is InChI=1S/C23H22F5N3O2/c1-11-29-9-15-16(30-11)6-13(25)7-17(15)31-20-14-5-12(24)8-18(33-4)19(14)21(2,3)10-22(20,32)23(26,27)28/h5-9,20,31-32H,10H2,1-4H3. The monoisotopic (exact) mass is 467 g/mol. The predicted molar refractivity (Wildman–Crippen MR) is 112 cm³/mol. The number of benzene rings is 2. The Labute approximate surface area is 186 Å². The number of aromatic nitrogens is 2. The number of hydrogen-bond donors (Lipinski definition) is 2. The molecule has 0 amide bonds. The Morgan fingerprint density at radius 2 is 1.79 bits per heavy atom. The molecule has 2 aromatic carbocycles. The maximum absolute atomic E-state index is 14.5. The molecule has 2 atom stereocenters. The summed E-state index contributed by atoms with van der Waals surface area (Å²) in [7, 11) is 1.29. The summed E-state index contributed by atoms with van der Waals surface area (Å²) in [5.74, 6) is -1.16. The highest BCUT2D eigenvalue weighted by atomic mass is 19.4. The van der Waals surface area contributed by atoms with Gasteiger partial charge >= 0.3 is 6.18 Å². The summed E-state index contributed by atoms with van der Waals surface area (Å²) in [5.41, 5.74) is -4.22. The molecule has 1 aromatic heterocycles. The third kappa shape index (κ3) is 3.76. The molecule has 2 N–H and O–H groups in total. The highest BCUT2D eigenvalue weighted by molar-refractivity contribution is 5.91. The van der Waals surface area contributed by atoms with E-state index in [4.69, 9.17) is 4.74 Å². The second-order valence-corrected chi connectivity index (χ2v) is 8.94. The van der Waals surface area contributed by atoms with E-state index in [0.29, 0.717) is 11.4 Å². The molecule has 0 fully saturated rings. The number of anilines is 1. The zero-order valence-electron chi connectivity index (χ0n) is 18.3. The second-order valence-electron chi connectivity index (χ2n) is 8.94. The van der Waals surface area contributed by atoms with Gasteiger partial charge in [0.05, 0.1) is 18.7 Å². The minimum absolute atomic E-state index is 0.0634. The lowest BCUT2D eigenvalue weighted by atomic mass is 9.63. The van der Waals surface area contributed by atoms with Crippen LogP contribution in [0.1, 0.15) is 43.3 Å². The van der Waals surface area contributed by atoms with Gasteiger partial charge in [-0.25, -0.2) is 18.7 Å². The number of rotatable bonds is 3. The molecule has 33 heavy (non-hydrogen) atoms. The van der Waals surface area contributed by atoms with Gasteiger partial charge in [-0.05, 0) is 36.5 Å². The van der Waals surface area contributed by atoms with Crippen molar-refractivity contribution in [2.75, 3.05) is 12.4 Å². The Morgan fingerprint density at radius 1 is 1.12 bits per heavy atom. The summed E-state index contributed by atoms with van der Waals surface area (Å²) in [4.78, 5) is 8.17. The molecular weight excluding hydrogens is 445 g/mol. The molecule has 0 aliphatic heterocycles. The van der Waals surface area contributed by atoms with Gasteiger partial charge in [0.15, 0.2) is 5.60 Å². The third-order valence-electron chi connectivity index (χ3n) is 6.07. The first kappa shape index (κ1) is 23.2. The summed E-state index contributed by atoms with van der Waals surface area (Å²) in [6.07, 6.45) is -4.47. The van der Waals surface area contributed by atoms with Gasteiger partial charge in [-0.3, -0.25) is 0 Å². The van der Waals surface area contributed by atoms with Crippen molar-refractivity contribution in [3.8, 4) is 5.75 Å². The maximum Gasteiger partial charge on any atom is 0.419 e. The van der Waals surface area contributed by atoms with Crippen molar-refractivity contribution >= 4 is 16.6 Å². The van der Waals surface area contributed by atoms with Crippen LogP contribution in [-0.4, -0.2) is 34.0 Å². The Balaban J connectivity index is 2.00. The first-order valence-corrected chi connectivity index (χ1v) is 10.1. The minimum atomic E-state index is -5.09. The SMILES string of the molecule is COc1cc(F)cc2c1C(C)(C)CC(O)(C(F)(F)F)C2Nc1cc(F)cc2nc(C)ncc12. The van der Waals surface area contributed by atoms with Crippen molar-refractivity contribution in [1.82, 2.24) is 9.97 Å². The zero-order chi connectivity index (χ0) is 24.3. The van der Waals surface area contributed by atoms with Gasteiger partial charge in [0.25, 0.3) is 0 Å². The number of nitrogens with one attached hydrogen (secondary N) is 1. The van der Waals surface area contributed by atoms with Crippen molar-refractivity contribution in [1.29, 1.82) is 0 Å². The normalized spacial score (nSPS) is 22.2. The van der Waals surface area contributed by atoms with Crippen LogP contribution < -0.4 is 10.1 Å². The number of aryl methyl sites for hydroxylation is 1. The van der Waals surface area contributed by atoms with E-state index in [1.54, 1.807) is 6.92 Å². The molecule has 0 spiro atoms. The lowest BCUT2D eigenvalue weighted by Gasteiger charge is -2.49. The summed E-state index contributed by atoms with van der Waals surface area (Å²) in [5, 5.41) is 14.0. The van der Waals surface area contributed by atoms with Gasteiger partial charge in [0, 0.05) is 35.0 Å². The summed E-state index contributed by atoms with van der Waals surface area (Å²) < 4.78 is 77.1. The molecule has 10 heteroatoms. The largest absolute Gasteiger partial charge is 0.496 e. The van der Waals surface area contributed by atoms with Crippen LogP contribution in [0.5, 0.6) is 5.75 Å². The minimum Gasteiger partial charge on any atom is -0.496 e. The molecule has 1 aliphatic rings. The summed E-state index contributed by atoms with van der Waals surface area (Å²) in [6.45, 7) is 4.63. The Kier molecular flexibility index (Phi) is 5.27. The third-order valence-corrected chi connectivity index (χ3v) is 6.07. The molecule has 176 valence electrons. The highest BCUT2D eigenvalue weighted by Gasteiger charge is 2.64. The van der Waals surface area contributed by atoms with E-state index in [2.05, 4.69) is 15.3 Å². The van der Waals surface area contributed by atoms with Crippen molar-refractivity contribution in [3.63, 3.8) is 0 Å². The zero-order valence-corrected chi connectivity index (χ0v) is 18.3. The van der Waals surface area contributed by atoms with Gasteiger partial charge in [-0.15, -0.1) is 0 Å². The van der Waals surface area contributed by atoms with Crippen molar-refractivity contribution in [2.24, 2.45) is 0 Å². The number of ether oxygens (including phenoxy) is 1. The molecule has 4 rings (SSSR count). The first-order valence-electron chi connectivity index (χ1n) is 10.1. The molecule has 0 saturated carbocycles. The molecule has 2 unspecified atom stereocenters. The number of alkyl halides is 3. The average molecular weight is 467 g/mol. The van der Waals surface area contributed by atoms with Crippen molar-refractivity contribution in [2.45, 2.75) is 50.4 Å². The molecular formula is C23H22F5N3O2. The topological polar surface area (TPSA) is 67.3 Å². The fourth-order valence-electron chi connectivity index (χ4n) is 4.77. The summed E-state index contributed by atoms with van der Waals surface area (Å²) >= 11 is 0. The number of fused-ring (bicyclic) bond motifs is 2. The quantitative estimate of drug-likeness (QED) is 0.508. The molecule has 1 aliphatic carbocycles. The molecule has 0 radical (unpaired) electrons.